The van der Waals surface area contributed by atoms with E-state index >= 15 is 0 Å². The van der Waals surface area contributed by atoms with Gasteiger partial charge in [0.25, 0.3) is 0 Å². The summed E-state index contributed by atoms with van der Waals surface area (Å²) in [5.74, 6) is -0.324. The SMILES string of the molecule is C=CCC1(CC=C)CCN(C(=O)O)C1=O. The van der Waals surface area contributed by atoms with Crippen molar-refractivity contribution in [1.29, 1.82) is 0 Å². The fourth-order valence-electron chi connectivity index (χ4n) is 2.02. The van der Waals surface area contributed by atoms with Gasteiger partial charge in [-0.2, -0.15) is 0 Å². The van der Waals surface area contributed by atoms with Crippen LogP contribution >= 0.6 is 0 Å². The van der Waals surface area contributed by atoms with E-state index in [-0.39, 0.29) is 12.5 Å². The number of rotatable bonds is 4. The molecule has 0 aromatic heterocycles. The van der Waals surface area contributed by atoms with Gasteiger partial charge in [-0.15, -0.1) is 13.2 Å². The molecule has 1 fully saturated rings. The molecule has 0 unspecified atom stereocenters. The van der Waals surface area contributed by atoms with Crippen LogP contribution in [0.3, 0.4) is 0 Å². The first-order valence-electron chi connectivity index (χ1n) is 4.84. The summed E-state index contributed by atoms with van der Waals surface area (Å²) in [6, 6.07) is 0. The highest BCUT2D eigenvalue weighted by molar-refractivity contribution is 5.96. The van der Waals surface area contributed by atoms with Crippen molar-refractivity contribution in [2.24, 2.45) is 5.41 Å². The van der Waals surface area contributed by atoms with E-state index in [0.29, 0.717) is 19.3 Å². The van der Waals surface area contributed by atoms with Gasteiger partial charge in [0.05, 0.1) is 5.41 Å². The highest BCUT2D eigenvalue weighted by Gasteiger charge is 2.46. The zero-order valence-corrected chi connectivity index (χ0v) is 8.61. The number of imide groups is 1. The predicted molar refractivity (Wildman–Crippen MR) is 56.4 cm³/mol. The summed E-state index contributed by atoms with van der Waals surface area (Å²) in [7, 11) is 0. The molecule has 82 valence electrons. The maximum atomic E-state index is 11.9. The van der Waals surface area contributed by atoms with Gasteiger partial charge >= 0.3 is 6.09 Å². The Hall–Kier alpha value is -1.58. The van der Waals surface area contributed by atoms with Crippen LogP contribution in [0.4, 0.5) is 4.79 Å². The maximum absolute atomic E-state index is 11.9. The molecule has 15 heavy (non-hydrogen) atoms. The quantitative estimate of drug-likeness (QED) is 0.721. The minimum absolute atomic E-state index is 0.274. The summed E-state index contributed by atoms with van der Waals surface area (Å²) in [5.41, 5.74) is -0.623. The van der Waals surface area contributed by atoms with Crippen LogP contribution in [0.2, 0.25) is 0 Å². The van der Waals surface area contributed by atoms with E-state index in [1.165, 1.54) is 0 Å². The summed E-state index contributed by atoms with van der Waals surface area (Å²) >= 11 is 0. The van der Waals surface area contributed by atoms with Crippen molar-refractivity contribution in [2.75, 3.05) is 6.54 Å². The highest BCUT2D eigenvalue weighted by Crippen LogP contribution is 2.39. The Balaban J connectivity index is 2.92. The Morgan fingerprint density at radius 1 is 1.47 bits per heavy atom. The van der Waals surface area contributed by atoms with Crippen LogP contribution in [-0.4, -0.2) is 28.6 Å². The smallest absolute Gasteiger partial charge is 0.414 e. The van der Waals surface area contributed by atoms with Crippen LogP contribution in [-0.2, 0) is 4.79 Å². The van der Waals surface area contributed by atoms with Crippen LogP contribution < -0.4 is 0 Å². The van der Waals surface area contributed by atoms with Gasteiger partial charge in [0.1, 0.15) is 0 Å². The molecule has 0 atom stereocenters. The molecule has 4 nitrogen and oxygen atoms in total. The molecule has 0 aliphatic carbocycles. The summed E-state index contributed by atoms with van der Waals surface area (Å²) < 4.78 is 0. The lowest BCUT2D eigenvalue weighted by atomic mass is 9.80. The Morgan fingerprint density at radius 2 is 2.00 bits per heavy atom. The normalized spacial score (nSPS) is 18.9. The summed E-state index contributed by atoms with van der Waals surface area (Å²) in [4.78, 5) is 23.5. The van der Waals surface area contributed by atoms with E-state index in [1.807, 2.05) is 0 Å². The molecule has 1 rings (SSSR count). The standard InChI is InChI=1S/C11H15NO3/c1-3-5-11(6-4-2)7-8-12(9(11)13)10(14)15/h3-4H,1-2,5-8H2,(H,14,15). The molecule has 0 spiro atoms. The first-order valence-corrected chi connectivity index (χ1v) is 4.84. The molecule has 0 radical (unpaired) electrons. The lowest BCUT2D eigenvalue weighted by Gasteiger charge is -2.23. The van der Waals surface area contributed by atoms with Crippen molar-refractivity contribution in [2.45, 2.75) is 19.3 Å². The van der Waals surface area contributed by atoms with Crippen LogP contribution in [0.5, 0.6) is 0 Å². The summed E-state index contributed by atoms with van der Waals surface area (Å²) in [6.45, 7) is 7.48. The van der Waals surface area contributed by atoms with Gasteiger partial charge < -0.3 is 5.11 Å². The fourth-order valence-corrected chi connectivity index (χ4v) is 2.02. The number of amides is 2. The van der Waals surface area contributed by atoms with Crippen molar-refractivity contribution in [3.05, 3.63) is 25.3 Å². The highest BCUT2D eigenvalue weighted by atomic mass is 16.4. The second-order valence-corrected chi connectivity index (χ2v) is 3.76. The predicted octanol–water partition coefficient (Wildman–Crippen LogP) is 2.04. The van der Waals surface area contributed by atoms with Crippen LogP contribution in [0.25, 0.3) is 0 Å². The van der Waals surface area contributed by atoms with Crippen LogP contribution in [0.15, 0.2) is 25.3 Å². The third-order valence-corrected chi connectivity index (χ3v) is 2.81. The average molecular weight is 209 g/mol. The second kappa shape index (κ2) is 4.29. The van der Waals surface area contributed by atoms with Crippen molar-refractivity contribution in [3.63, 3.8) is 0 Å². The lowest BCUT2D eigenvalue weighted by molar-refractivity contribution is -0.134. The number of carbonyl (C=O) groups excluding carboxylic acids is 1. The van der Waals surface area contributed by atoms with Gasteiger partial charge in [0, 0.05) is 6.54 Å². The Bertz CT molecular complexity index is 299. The number of carbonyl (C=O) groups is 2. The molecule has 2 amide bonds. The molecule has 0 aromatic carbocycles. The van der Waals surface area contributed by atoms with Gasteiger partial charge in [-0.3, -0.25) is 4.79 Å². The molecule has 1 heterocycles. The van der Waals surface area contributed by atoms with E-state index in [0.717, 1.165) is 4.90 Å². The summed E-state index contributed by atoms with van der Waals surface area (Å²) in [5, 5.41) is 8.81. The second-order valence-electron chi connectivity index (χ2n) is 3.76. The van der Waals surface area contributed by atoms with E-state index < -0.39 is 11.5 Å². The third kappa shape index (κ3) is 1.93. The maximum Gasteiger partial charge on any atom is 0.414 e. The number of hydrogen-bond donors (Lipinski definition) is 1. The number of hydrogen-bond acceptors (Lipinski definition) is 2. The van der Waals surface area contributed by atoms with Crippen molar-refractivity contribution >= 4 is 12.0 Å². The largest absolute Gasteiger partial charge is 0.465 e. The topological polar surface area (TPSA) is 57.6 Å². The zero-order valence-electron chi connectivity index (χ0n) is 8.61. The minimum atomic E-state index is -1.17. The van der Waals surface area contributed by atoms with Gasteiger partial charge in [-0.1, -0.05) is 12.2 Å². The zero-order chi connectivity index (χ0) is 11.5. The van der Waals surface area contributed by atoms with E-state index in [4.69, 9.17) is 5.11 Å². The number of allylic oxidation sites excluding steroid dienone is 2. The first kappa shape index (κ1) is 11.5. The van der Waals surface area contributed by atoms with E-state index in [1.54, 1.807) is 12.2 Å². The van der Waals surface area contributed by atoms with Crippen molar-refractivity contribution < 1.29 is 14.7 Å². The molecule has 1 aliphatic heterocycles. The van der Waals surface area contributed by atoms with E-state index in [2.05, 4.69) is 13.2 Å². The fraction of sp³-hybridized carbons (Fsp3) is 0.455. The molecule has 1 N–H and O–H groups in total. The van der Waals surface area contributed by atoms with Crippen LogP contribution in [0.1, 0.15) is 19.3 Å². The van der Waals surface area contributed by atoms with Crippen molar-refractivity contribution in [1.82, 2.24) is 4.90 Å². The lowest BCUT2D eigenvalue weighted by Crippen LogP contribution is -2.37. The van der Waals surface area contributed by atoms with E-state index in [9.17, 15) is 9.59 Å². The molecule has 1 aliphatic rings. The summed E-state index contributed by atoms with van der Waals surface area (Å²) in [6.07, 6.45) is 3.70. The molecule has 0 bridgehead atoms. The molecule has 1 saturated heterocycles. The van der Waals surface area contributed by atoms with Gasteiger partial charge in [0.2, 0.25) is 5.91 Å². The van der Waals surface area contributed by atoms with Crippen LogP contribution in [0, 0.1) is 5.41 Å². The Labute approximate surface area is 88.9 Å². The average Bonchev–Trinajstić information content (AvgIpc) is 2.46. The van der Waals surface area contributed by atoms with Crippen molar-refractivity contribution in [3.8, 4) is 0 Å². The molecule has 0 saturated carbocycles. The Kier molecular flexibility index (Phi) is 3.29. The molecular weight excluding hydrogens is 194 g/mol. The number of nitrogens with zero attached hydrogens (tertiary/aromatic N) is 1. The van der Waals surface area contributed by atoms with Gasteiger partial charge in [-0.05, 0) is 19.3 Å². The number of likely N-dealkylation sites (tertiary alicyclic amines) is 1. The molecule has 0 aromatic rings. The third-order valence-electron chi connectivity index (χ3n) is 2.81. The Morgan fingerprint density at radius 3 is 2.33 bits per heavy atom. The van der Waals surface area contributed by atoms with Gasteiger partial charge in [-0.25, -0.2) is 9.69 Å². The molecule has 4 heteroatoms. The minimum Gasteiger partial charge on any atom is -0.465 e. The number of carboxylic acid groups (broad SMARTS) is 1. The van der Waals surface area contributed by atoms with Gasteiger partial charge in [0.15, 0.2) is 0 Å². The monoisotopic (exact) mass is 209 g/mol. The molecular formula is C11H15NO3. The first-order chi connectivity index (χ1) is 7.07.